The Labute approximate surface area is 167 Å². The standard InChI is InChI=1S/C18H16BrN3O4S/c1-26-9-8-21-17(23)15-10-13(19)4-7-16(15)20-18(21)27-11-12-2-5-14(6-3-12)22(24)25/h2-7,10H,8-9,11H2,1H3. The molecule has 3 aromatic rings. The third kappa shape index (κ3) is 4.55. The highest BCUT2D eigenvalue weighted by Gasteiger charge is 2.13. The number of hydrogen-bond donors (Lipinski definition) is 0. The first kappa shape index (κ1) is 19.5. The molecule has 0 radical (unpaired) electrons. The molecule has 2 aromatic carbocycles. The van der Waals surface area contributed by atoms with Crippen LogP contribution in [0.5, 0.6) is 0 Å². The van der Waals surface area contributed by atoms with Crippen molar-refractivity contribution >= 4 is 44.3 Å². The molecule has 3 rings (SSSR count). The zero-order chi connectivity index (χ0) is 19.4. The summed E-state index contributed by atoms with van der Waals surface area (Å²) in [4.78, 5) is 27.9. The van der Waals surface area contributed by atoms with Crippen LogP contribution in [0.3, 0.4) is 0 Å². The SMILES string of the molecule is COCCn1c(SCc2ccc([N+](=O)[O-])cc2)nc2ccc(Br)cc2c1=O. The van der Waals surface area contributed by atoms with E-state index in [1.165, 1.54) is 23.9 Å². The van der Waals surface area contributed by atoms with Crippen LogP contribution >= 0.6 is 27.7 Å². The molecule has 0 aliphatic heterocycles. The van der Waals surface area contributed by atoms with Gasteiger partial charge in [-0.05, 0) is 23.8 Å². The van der Waals surface area contributed by atoms with E-state index < -0.39 is 4.92 Å². The van der Waals surface area contributed by atoms with Gasteiger partial charge in [-0.25, -0.2) is 4.98 Å². The summed E-state index contributed by atoms with van der Waals surface area (Å²) in [5, 5.41) is 11.9. The number of halogens is 1. The van der Waals surface area contributed by atoms with Crippen LogP contribution in [0.1, 0.15) is 5.56 Å². The molecule has 0 saturated carbocycles. The van der Waals surface area contributed by atoms with Crippen LogP contribution in [0.2, 0.25) is 0 Å². The highest BCUT2D eigenvalue weighted by atomic mass is 79.9. The topological polar surface area (TPSA) is 87.3 Å². The maximum Gasteiger partial charge on any atom is 0.269 e. The number of methoxy groups -OCH3 is 1. The molecule has 1 aromatic heterocycles. The number of fused-ring (bicyclic) bond motifs is 1. The van der Waals surface area contributed by atoms with E-state index in [-0.39, 0.29) is 11.2 Å². The Morgan fingerprint density at radius 1 is 1.26 bits per heavy atom. The Kier molecular flexibility index (Phi) is 6.25. The third-order valence-corrected chi connectivity index (χ3v) is 5.46. The van der Waals surface area contributed by atoms with Gasteiger partial charge in [-0.3, -0.25) is 19.5 Å². The van der Waals surface area contributed by atoms with E-state index >= 15 is 0 Å². The highest BCUT2D eigenvalue weighted by molar-refractivity contribution is 9.10. The molecule has 0 N–H and O–H groups in total. The van der Waals surface area contributed by atoms with Crippen molar-refractivity contribution in [3.8, 4) is 0 Å². The molecule has 27 heavy (non-hydrogen) atoms. The molecular formula is C18H16BrN3O4S. The lowest BCUT2D eigenvalue weighted by atomic mass is 10.2. The zero-order valence-corrected chi connectivity index (χ0v) is 16.8. The summed E-state index contributed by atoms with van der Waals surface area (Å²) in [5.74, 6) is 0.541. The van der Waals surface area contributed by atoms with Crippen molar-refractivity contribution in [1.29, 1.82) is 0 Å². The van der Waals surface area contributed by atoms with Crippen molar-refractivity contribution in [2.45, 2.75) is 17.5 Å². The molecule has 0 bridgehead atoms. The van der Waals surface area contributed by atoms with Gasteiger partial charge in [0.1, 0.15) is 0 Å². The second-order valence-corrected chi connectivity index (χ2v) is 7.58. The van der Waals surface area contributed by atoms with Crippen LogP contribution in [0.25, 0.3) is 10.9 Å². The van der Waals surface area contributed by atoms with Crippen molar-refractivity contribution in [3.05, 3.63) is 73.0 Å². The van der Waals surface area contributed by atoms with E-state index in [4.69, 9.17) is 4.74 Å². The molecule has 0 saturated heterocycles. The minimum Gasteiger partial charge on any atom is -0.383 e. The lowest BCUT2D eigenvalue weighted by Crippen LogP contribution is -2.25. The van der Waals surface area contributed by atoms with Gasteiger partial charge in [0.15, 0.2) is 5.16 Å². The molecule has 0 fully saturated rings. The van der Waals surface area contributed by atoms with Gasteiger partial charge >= 0.3 is 0 Å². The summed E-state index contributed by atoms with van der Waals surface area (Å²) in [6.07, 6.45) is 0. The van der Waals surface area contributed by atoms with Crippen LogP contribution in [-0.4, -0.2) is 28.2 Å². The smallest absolute Gasteiger partial charge is 0.269 e. The van der Waals surface area contributed by atoms with Gasteiger partial charge in [0.05, 0.1) is 29.0 Å². The third-order valence-electron chi connectivity index (χ3n) is 3.92. The number of nitro benzene ring substituents is 1. The molecule has 0 aliphatic carbocycles. The average molecular weight is 450 g/mol. The molecule has 9 heteroatoms. The number of nitrogens with zero attached hydrogens (tertiary/aromatic N) is 3. The minimum absolute atomic E-state index is 0.0511. The van der Waals surface area contributed by atoms with E-state index in [2.05, 4.69) is 20.9 Å². The Hall–Kier alpha value is -2.23. The molecule has 1 heterocycles. The first-order valence-electron chi connectivity index (χ1n) is 8.05. The number of rotatable bonds is 7. The molecule has 0 unspecified atom stereocenters. The van der Waals surface area contributed by atoms with Crippen LogP contribution < -0.4 is 5.56 Å². The van der Waals surface area contributed by atoms with E-state index in [9.17, 15) is 14.9 Å². The molecule has 7 nitrogen and oxygen atoms in total. The van der Waals surface area contributed by atoms with E-state index in [0.717, 1.165) is 10.0 Å². The van der Waals surface area contributed by atoms with Gasteiger partial charge in [-0.2, -0.15) is 0 Å². The zero-order valence-electron chi connectivity index (χ0n) is 14.4. The largest absolute Gasteiger partial charge is 0.383 e. The number of aromatic nitrogens is 2. The van der Waals surface area contributed by atoms with Gasteiger partial charge in [-0.1, -0.05) is 39.8 Å². The van der Waals surface area contributed by atoms with Crippen molar-refractivity contribution < 1.29 is 9.66 Å². The summed E-state index contributed by atoms with van der Waals surface area (Å²) in [6, 6.07) is 11.8. The summed E-state index contributed by atoms with van der Waals surface area (Å²) in [6.45, 7) is 0.791. The summed E-state index contributed by atoms with van der Waals surface area (Å²) in [5.41, 5.74) is 1.47. The van der Waals surface area contributed by atoms with Gasteiger partial charge in [0, 0.05) is 29.5 Å². The lowest BCUT2D eigenvalue weighted by molar-refractivity contribution is -0.384. The van der Waals surface area contributed by atoms with Crippen molar-refractivity contribution in [1.82, 2.24) is 9.55 Å². The Bertz CT molecular complexity index is 1040. The molecule has 0 spiro atoms. The summed E-state index contributed by atoms with van der Waals surface area (Å²) >= 11 is 4.80. The molecule has 140 valence electrons. The summed E-state index contributed by atoms with van der Waals surface area (Å²) < 4.78 is 7.54. The maximum atomic E-state index is 12.9. The fourth-order valence-electron chi connectivity index (χ4n) is 2.52. The monoisotopic (exact) mass is 449 g/mol. The normalized spacial score (nSPS) is 11.0. The second kappa shape index (κ2) is 8.64. The van der Waals surface area contributed by atoms with Crippen LogP contribution in [0.4, 0.5) is 5.69 Å². The first-order chi connectivity index (χ1) is 13.0. The predicted molar refractivity (Wildman–Crippen MR) is 108 cm³/mol. The van der Waals surface area contributed by atoms with Crippen molar-refractivity contribution in [2.75, 3.05) is 13.7 Å². The van der Waals surface area contributed by atoms with Crippen molar-refractivity contribution in [2.24, 2.45) is 0 Å². The number of thioether (sulfide) groups is 1. The molecule has 0 atom stereocenters. The predicted octanol–water partition coefficient (Wildman–Crippen LogP) is 4.01. The van der Waals surface area contributed by atoms with Gasteiger partial charge in [0.25, 0.3) is 11.2 Å². The van der Waals surface area contributed by atoms with Crippen LogP contribution in [-0.2, 0) is 17.0 Å². The van der Waals surface area contributed by atoms with E-state index in [0.29, 0.717) is 35.0 Å². The molecule has 0 amide bonds. The molecular weight excluding hydrogens is 434 g/mol. The van der Waals surface area contributed by atoms with Crippen molar-refractivity contribution in [3.63, 3.8) is 0 Å². The minimum atomic E-state index is -0.428. The number of ether oxygens (including phenoxy) is 1. The fourth-order valence-corrected chi connectivity index (χ4v) is 3.87. The van der Waals surface area contributed by atoms with E-state index in [1.807, 2.05) is 6.07 Å². The number of hydrogen-bond acceptors (Lipinski definition) is 6. The molecule has 0 aliphatic rings. The van der Waals surface area contributed by atoms with Gasteiger partial charge in [0.2, 0.25) is 0 Å². The Balaban J connectivity index is 1.92. The Morgan fingerprint density at radius 2 is 2.00 bits per heavy atom. The van der Waals surface area contributed by atoms with Crippen LogP contribution in [0, 0.1) is 10.1 Å². The highest BCUT2D eigenvalue weighted by Crippen LogP contribution is 2.24. The van der Waals surface area contributed by atoms with Gasteiger partial charge in [-0.15, -0.1) is 0 Å². The first-order valence-corrected chi connectivity index (χ1v) is 9.82. The number of benzene rings is 2. The summed E-state index contributed by atoms with van der Waals surface area (Å²) in [7, 11) is 1.58. The van der Waals surface area contributed by atoms with Gasteiger partial charge < -0.3 is 4.74 Å². The fraction of sp³-hybridized carbons (Fsp3) is 0.222. The quantitative estimate of drug-likeness (QED) is 0.234. The average Bonchev–Trinajstić information content (AvgIpc) is 2.66. The maximum absolute atomic E-state index is 12.9. The number of non-ortho nitro benzene ring substituents is 1. The Morgan fingerprint density at radius 3 is 2.67 bits per heavy atom. The number of nitro groups is 1. The lowest BCUT2D eigenvalue weighted by Gasteiger charge is -2.13. The second-order valence-electron chi connectivity index (χ2n) is 5.72. The van der Waals surface area contributed by atoms with Crippen LogP contribution in [0.15, 0.2) is 56.9 Å². The van der Waals surface area contributed by atoms with E-state index in [1.54, 1.807) is 35.9 Å².